The molecule has 25 heavy (non-hydrogen) atoms. The van der Waals surface area contributed by atoms with Gasteiger partial charge in [0.1, 0.15) is 11.3 Å². The molecule has 0 saturated heterocycles. The molecular formula is C19H20N2O4. The monoisotopic (exact) mass is 340 g/mol. The SMILES string of the molecule is CCc1noc(C)c1C(=O)O[C@@H](C)C(=O)c1c(C)[nH]c2ccccc12. The molecule has 0 bridgehead atoms. The van der Waals surface area contributed by atoms with Gasteiger partial charge in [0.15, 0.2) is 6.10 Å². The summed E-state index contributed by atoms with van der Waals surface area (Å²) in [5, 5.41) is 4.67. The van der Waals surface area contributed by atoms with E-state index < -0.39 is 12.1 Å². The van der Waals surface area contributed by atoms with E-state index in [1.807, 2.05) is 38.1 Å². The van der Waals surface area contributed by atoms with Crippen molar-refractivity contribution in [2.45, 2.75) is 40.2 Å². The molecule has 3 aromatic rings. The summed E-state index contributed by atoms with van der Waals surface area (Å²) >= 11 is 0. The highest BCUT2D eigenvalue weighted by Crippen LogP contribution is 2.24. The zero-order valence-corrected chi connectivity index (χ0v) is 14.7. The van der Waals surface area contributed by atoms with Crippen LogP contribution in [0.25, 0.3) is 10.9 Å². The van der Waals surface area contributed by atoms with Gasteiger partial charge in [-0.25, -0.2) is 4.79 Å². The molecule has 3 rings (SSSR count). The number of nitrogens with one attached hydrogen (secondary N) is 1. The number of nitrogens with zero attached hydrogens (tertiary/aromatic N) is 1. The predicted molar refractivity (Wildman–Crippen MR) is 92.9 cm³/mol. The summed E-state index contributed by atoms with van der Waals surface area (Å²) in [6, 6.07) is 7.55. The fraction of sp³-hybridized carbons (Fsp3) is 0.316. The fourth-order valence-corrected chi connectivity index (χ4v) is 2.99. The minimum Gasteiger partial charge on any atom is -0.451 e. The van der Waals surface area contributed by atoms with Crippen molar-refractivity contribution in [2.75, 3.05) is 0 Å². The third-order valence-corrected chi connectivity index (χ3v) is 4.27. The Labute approximate surface area is 145 Å². The smallest absolute Gasteiger partial charge is 0.344 e. The zero-order chi connectivity index (χ0) is 18.1. The molecule has 0 fully saturated rings. The molecule has 0 aliphatic carbocycles. The molecule has 0 spiro atoms. The number of Topliss-reactive ketones (excluding diaryl/α,β-unsaturated/α-hetero) is 1. The van der Waals surface area contributed by atoms with Gasteiger partial charge in [-0.2, -0.15) is 0 Å². The molecule has 1 atom stereocenters. The highest BCUT2D eigenvalue weighted by molar-refractivity contribution is 6.11. The van der Waals surface area contributed by atoms with E-state index in [2.05, 4.69) is 10.1 Å². The summed E-state index contributed by atoms with van der Waals surface area (Å²) in [5.41, 5.74) is 3.02. The Morgan fingerprint density at radius 1 is 1.24 bits per heavy atom. The second-order valence-electron chi connectivity index (χ2n) is 6.00. The quantitative estimate of drug-likeness (QED) is 0.564. The standard InChI is InChI=1S/C19H20N2O4/c1-5-14-17(11(3)25-21-14)19(23)24-12(4)18(22)16-10(2)20-15-9-7-6-8-13(15)16/h6-9,12,20H,5H2,1-4H3/t12-/m0/s1. The Kier molecular flexibility index (Phi) is 4.44. The van der Waals surface area contributed by atoms with Crippen LogP contribution in [0, 0.1) is 13.8 Å². The summed E-state index contributed by atoms with van der Waals surface area (Å²) < 4.78 is 10.5. The summed E-state index contributed by atoms with van der Waals surface area (Å²) in [6.07, 6.45) is -0.365. The van der Waals surface area contributed by atoms with Crippen LogP contribution in [0.15, 0.2) is 28.8 Å². The second kappa shape index (κ2) is 6.55. The van der Waals surface area contributed by atoms with Crippen molar-refractivity contribution in [2.24, 2.45) is 0 Å². The molecule has 0 radical (unpaired) electrons. The van der Waals surface area contributed by atoms with Crippen LogP contribution in [-0.4, -0.2) is 28.0 Å². The van der Waals surface area contributed by atoms with Crippen molar-refractivity contribution in [3.63, 3.8) is 0 Å². The average molecular weight is 340 g/mol. The van der Waals surface area contributed by atoms with Crippen molar-refractivity contribution in [1.29, 1.82) is 0 Å². The first kappa shape index (κ1) is 17.0. The summed E-state index contributed by atoms with van der Waals surface area (Å²) in [7, 11) is 0. The van der Waals surface area contributed by atoms with Crippen molar-refractivity contribution >= 4 is 22.7 Å². The van der Waals surface area contributed by atoms with Gasteiger partial charge in [-0.15, -0.1) is 0 Å². The van der Waals surface area contributed by atoms with E-state index in [1.165, 1.54) is 0 Å². The number of carbonyl (C=O) groups excluding carboxylic acids is 2. The third kappa shape index (κ3) is 2.95. The van der Waals surface area contributed by atoms with Gasteiger partial charge in [0.05, 0.1) is 5.69 Å². The molecule has 0 saturated carbocycles. The average Bonchev–Trinajstić information content (AvgIpc) is 3.12. The van der Waals surface area contributed by atoms with E-state index in [-0.39, 0.29) is 5.78 Å². The number of carbonyl (C=O) groups is 2. The number of aryl methyl sites for hydroxylation is 3. The molecule has 0 amide bonds. The van der Waals surface area contributed by atoms with E-state index in [1.54, 1.807) is 13.8 Å². The maximum Gasteiger partial charge on any atom is 0.344 e. The van der Waals surface area contributed by atoms with Gasteiger partial charge in [-0.3, -0.25) is 4.79 Å². The van der Waals surface area contributed by atoms with E-state index in [4.69, 9.17) is 9.26 Å². The molecule has 6 heteroatoms. The van der Waals surface area contributed by atoms with Gasteiger partial charge in [0, 0.05) is 22.2 Å². The van der Waals surface area contributed by atoms with Crippen molar-refractivity contribution < 1.29 is 18.8 Å². The lowest BCUT2D eigenvalue weighted by Crippen LogP contribution is -2.25. The molecule has 2 heterocycles. The Balaban J connectivity index is 1.86. The fourth-order valence-electron chi connectivity index (χ4n) is 2.99. The Hall–Kier alpha value is -2.89. The Morgan fingerprint density at radius 3 is 2.68 bits per heavy atom. The number of aromatic nitrogens is 2. The van der Waals surface area contributed by atoms with Crippen LogP contribution in [0.1, 0.15) is 51.7 Å². The first-order chi connectivity index (χ1) is 11.9. The summed E-state index contributed by atoms with van der Waals surface area (Å²) in [5.74, 6) is -0.436. The summed E-state index contributed by atoms with van der Waals surface area (Å²) in [6.45, 7) is 6.94. The minimum atomic E-state index is -0.913. The van der Waals surface area contributed by atoms with E-state index in [0.29, 0.717) is 29.0 Å². The molecule has 6 nitrogen and oxygen atoms in total. The highest BCUT2D eigenvalue weighted by atomic mass is 16.5. The lowest BCUT2D eigenvalue weighted by molar-refractivity contribution is 0.0316. The van der Waals surface area contributed by atoms with Gasteiger partial charge in [-0.05, 0) is 33.3 Å². The van der Waals surface area contributed by atoms with Crippen LogP contribution in [0.5, 0.6) is 0 Å². The number of hydrogen-bond acceptors (Lipinski definition) is 5. The molecule has 0 aliphatic heterocycles. The number of H-pyrrole nitrogens is 1. The van der Waals surface area contributed by atoms with Crippen LogP contribution in [0.4, 0.5) is 0 Å². The Bertz CT molecular complexity index is 952. The van der Waals surface area contributed by atoms with Crippen molar-refractivity contribution in [3.05, 3.63) is 52.5 Å². The third-order valence-electron chi connectivity index (χ3n) is 4.27. The molecule has 2 aromatic heterocycles. The van der Waals surface area contributed by atoms with Gasteiger partial charge < -0.3 is 14.2 Å². The van der Waals surface area contributed by atoms with Gasteiger partial charge in [-0.1, -0.05) is 30.3 Å². The Morgan fingerprint density at radius 2 is 1.96 bits per heavy atom. The number of fused-ring (bicyclic) bond motifs is 1. The number of esters is 1. The van der Waals surface area contributed by atoms with Crippen LogP contribution in [0.2, 0.25) is 0 Å². The first-order valence-corrected chi connectivity index (χ1v) is 8.21. The summed E-state index contributed by atoms with van der Waals surface area (Å²) in [4.78, 5) is 28.5. The number of hydrogen-bond donors (Lipinski definition) is 1. The number of para-hydroxylation sites is 1. The number of benzene rings is 1. The van der Waals surface area contributed by atoms with E-state index in [9.17, 15) is 9.59 Å². The van der Waals surface area contributed by atoms with Gasteiger partial charge in [0.2, 0.25) is 5.78 Å². The zero-order valence-electron chi connectivity index (χ0n) is 14.7. The maximum atomic E-state index is 12.8. The number of ketones is 1. The molecule has 1 aromatic carbocycles. The van der Waals surface area contributed by atoms with Gasteiger partial charge >= 0.3 is 5.97 Å². The molecule has 0 unspecified atom stereocenters. The second-order valence-corrected chi connectivity index (χ2v) is 6.00. The largest absolute Gasteiger partial charge is 0.451 e. The van der Waals surface area contributed by atoms with E-state index >= 15 is 0 Å². The predicted octanol–water partition coefficient (Wildman–Crippen LogP) is 3.76. The topological polar surface area (TPSA) is 85.2 Å². The highest BCUT2D eigenvalue weighted by Gasteiger charge is 2.27. The molecule has 0 aliphatic rings. The number of ether oxygens (including phenoxy) is 1. The van der Waals surface area contributed by atoms with Gasteiger partial charge in [0.25, 0.3) is 0 Å². The number of aromatic amines is 1. The first-order valence-electron chi connectivity index (χ1n) is 8.21. The minimum absolute atomic E-state index is 0.240. The molecule has 130 valence electrons. The lowest BCUT2D eigenvalue weighted by Gasteiger charge is -2.12. The van der Waals surface area contributed by atoms with E-state index in [0.717, 1.165) is 16.6 Å². The van der Waals surface area contributed by atoms with Crippen molar-refractivity contribution in [3.8, 4) is 0 Å². The van der Waals surface area contributed by atoms with Crippen LogP contribution in [0.3, 0.4) is 0 Å². The molecule has 1 N–H and O–H groups in total. The van der Waals surface area contributed by atoms with Crippen LogP contribution < -0.4 is 0 Å². The van der Waals surface area contributed by atoms with Crippen LogP contribution >= 0.6 is 0 Å². The lowest BCUT2D eigenvalue weighted by atomic mass is 10.0. The normalized spacial score (nSPS) is 12.3. The van der Waals surface area contributed by atoms with Crippen LogP contribution in [-0.2, 0) is 11.2 Å². The maximum absolute atomic E-state index is 12.8. The number of rotatable bonds is 5. The molecular weight excluding hydrogens is 320 g/mol. The van der Waals surface area contributed by atoms with Crippen molar-refractivity contribution in [1.82, 2.24) is 10.1 Å².